The summed E-state index contributed by atoms with van der Waals surface area (Å²) < 4.78 is 19.2. The monoisotopic (exact) mass is 487 g/mol. The van der Waals surface area contributed by atoms with Crippen molar-refractivity contribution in [1.82, 2.24) is 14.5 Å². The van der Waals surface area contributed by atoms with E-state index in [1.165, 1.54) is 0 Å². The number of fused-ring (bicyclic) bond motifs is 1. The zero-order valence-corrected chi connectivity index (χ0v) is 19.4. The van der Waals surface area contributed by atoms with Crippen LogP contribution in [0.25, 0.3) is 11.1 Å². The topological polar surface area (TPSA) is 65.8 Å². The summed E-state index contributed by atoms with van der Waals surface area (Å²) in [5, 5.41) is 1.05. The Morgan fingerprint density at radius 2 is 1.88 bits per heavy atom. The molecular weight excluding hydrogens is 465 g/mol. The van der Waals surface area contributed by atoms with E-state index >= 15 is 0 Å². The van der Waals surface area contributed by atoms with Gasteiger partial charge in [-0.25, -0.2) is 0 Å². The Labute approximate surface area is 201 Å². The lowest BCUT2D eigenvalue weighted by Gasteiger charge is -2.27. The molecule has 3 aromatic rings. The van der Waals surface area contributed by atoms with E-state index in [1.807, 2.05) is 41.0 Å². The summed E-state index contributed by atoms with van der Waals surface area (Å²) in [6, 6.07) is 15.2. The van der Waals surface area contributed by atoms with Gasteiger partial charge in [0.25, 0.3) is 5.56 Å². The highest BCUT2D eigenvalue weighted by Gasteiger charge is 2.27. The van der Waals surface area contributed by atoms with E-state index in [1.54, 1.807) is 12.1 Å². The van der Waals surface area contributed by atoms with Crippen LogP contribution in [0.15, 0.2) is 53.3 Å². The molecular formula is C24H23Cl2N3O4. The van der Waals surface area contributed by atoms with Crippen molar-refractivity contribution in [3.8, 4) is 22.9 Å². The van der Waals surface area contributed by atoms with Gasteiger partial charge in [-0.1, -0.05) is 47.5 Å². The highest BCUT2D eigenvalue weighted by Crippen LogP contribution is 2.34. The van der Waals surface area contributed by atoms with Gasteiger partial charge < -0.3 is 14.2 Å². The Kier molecular flexibility index (Phi) is 6.55. The van der Waals surface area contributed by atoms with Crippen LogP contribution in [-0.2, 0) is 17.8 Å². The van der Waals surface area contributed by atoms with Crippen LogP contribution in [0.1, 0.15) is 5.69 Å². The van der Waals surface area contributed by atoms with Crippen molar-refractivity contribution < 1.29 is 14.2 Å². The molecule has 9 heteroatoms. The van der Waals surface area contributed by atoms with Crippen LogP contribution < -0.4 is 15.0 Å². The summed E-state index contributed by atoms with van der Waals surface area (Å²) in [5.74, 6) is 0.715. The normalized spacial score (nSPS) is 18.1. The van der Waals surface area contributed by atoms with E-state index in [0.717, 1.165) is 29.9 Å². The van der Waals surface area contributed by atoms with Crippen molar-refractivity contribution >= 4 is 23.2 Å². The van der Waals surface area contributed by atoms with Gasteiger partial charge in [-0.15, -0.1) is 0 Å². The fourth-order valence-corrected chi connectivity index (χ4v) is 4.47. The molecule has 0 amide bonds. The van der Waals surface area contributed by atoms with Crippen LogP contribution >= 0.6 is 23.2 Å². The first-order chi connectivity index (χ1) is 16.1. The maximum atomic E-state index is 12.1. The summed E-state index contributed by atoms with van der Waals surface area (Å²) in [7, 11) is 0. The van der Waals surface area contributed by atoms with Crippen LogP contribution in [0, 0.1) is 0 Å². The van der Waals surface area contributed by atoms with Crippen molar-refractivity contribution in [2.24, 2.45) is 0 Å². The molecule has 5 rings (SSSR count). The average Bonchev–Trinajstić information content (AvgIpc) is 3.24. The number of nitrogens with zero attached hydrogens (tertiary/aromatic N) is 3. The van der Waals surface area contributed by atoms with E-state index in [2.05, 4.69) is 9.88 Å². The number of halogens is 2. The molecule has 1 atom stereocenters. The van der Waals surface area contributed by atoms with Crippen molar-refractivity contribution in [3.63, 3.8) is 0 Å². The van der Waals surface area contributed by atoms with Gasteiger partial charge >= 0.3 is 6.01 Å². The maximum Gasteiger partial charge on any atom is 0.300 e. The predicted octanol–water partition coefficient (Wildman–Crippen LogP) is 3.89. The molecule has 2 aliphatic heterocycles. The third-order valence-corrected chi connectivity index (χ3v) is 6.59. The van der Waals surface area contributed by atoms with Gasteiger partial charge in [-0.2, -0.15) is 4.98 Å². The number of hydrogen-bond donors (Lipinski definition) is 0. The molecule has 0 spiro atoms. The number of ether oxygens (including phenoxy) is 3. The minimum atomic E-state index is -0.290. The van der Waals surface area contributed by atoms with Gasteiger partial charge in [0.1, 0.15) is 12.4 Å². The summed E-state index contributed by atoms with van der Waals surface area (Å²) >= 11 is 12.5. The quantitative estimate of drug-likeness (QED) is 0.525. The molecule has 3 heterocycles. The predicted molar refractivity (Wildman–Crippen MR) is 126 cm³/mol. The molecule has 1 fully saturated rings. The van der Waals surface area contributed by atoms with Crippen molar-refractivity contribution in [2.45, 2.75) is 19.2 Å². The Morgan fingerprint density at radius 3 is 2.67 bits per heavy atom. The third-order valence-electron chi connectivity index (χ3n) is 5.77. The number of aromatic nitrogens is 2. The zero-order chi connectivity index (χ0) is 22.8. The first-order valence-electron chi connectivity index (χ1n) is 10.8. The fraction of sp³-hybridized carbons (Fsp3) is 0.333. The van der Waals surface area contributed by atoms with Crippen LogP contribution in [0.2, 0.25) is 10.0 Å². The molecule has 2 aromatic carbocycles. The molecule has 0 radical (unpaired) electrons. The average molecular weight is 488 g/mol. The Morgan fingerprint density at radius 1 is 1.09 bits per heavy atom. The van der Waals surface area contributed by atoms with Gasteiger partial charge in [0.2, 0.25) is 0 Å². The molecule has 0 N–H and O–H groups in total. The molecule has 1 saturated heterocycles. The zero-order valence-electron chi connectivity index (χ0n) is 17.9. The smallest absolute Gasteiger partial charge is 0.300 e. The van der Waals surface area contributed by atoms with Crippen LogP contribution in [0.4, 0.5) is 0 Å². The Balaban J connectivity index is 1.23. The number of hydrogen-bond acceptors (Lipinski definition) is 6. The van der Waals surface area contributed by atoms with Crippen LogP contribution in [0.3, 0.4) is 0 Å². The summed E-state index contributed by atoms with van der Waals surface area (Å²) in [5.41, 5.74) is 2.43. The molecule has 7 nitrogen and oxygen atoms in total. The lowest BCUT2D eigenvalue weighted by atomic mass is 10.1. The minimum absolute atomic E-state index is 0.232. The maximum absolute atomic E-state index is 12.1. The van der Waals surface area contributed by atoms with Gasteiger partial charge in [0.05, 0.1) is 29.8 Å². The summed E-state index contributed by atoms with van der Waals surface area (Å²) in [6.45, 7) is 4.68. The Bertz CT molecular complexity index is 1190. The number of rotatable bonds is 6. The van der Waals surface area contributed by atoms with E-state index in [9.17, 15) is 4.79 Å². The van der Waals surface area contributed by atoms with E-state index in [0.29, 0.717) is 54.7 Å². The molecule has 2 aliphatic rings. The van der Waals surface area contributed by atoms with Crippen molar-refractivity contribution in [3.05, 3.63) is 74.6 Å². The first kappa shape index (κ1) is 22.2. The second kappa shape index (κ2) is 9.73. The van der Waals surface area contributed by atoms with Gasteiger partial charge in [-0.3, -0.25) is 14.3 Å². The third kappa shape index (κ3) is 5.01. The number of benzene rings is 2. The van der Waals surface area contributed by atoms with Crippen molar-refractivity contribution in [1.29, 1.82) is 0 Å². The minimum Gasteiger partial charge on any atom is -0.490 e. The van der Waals surface area contributed by atoms with Crippen molar-refractivity contribution in [2.75, 3.05) is 32.9 Å². The lowest BCUT2D eigenvalue weighted by molar-refractivity contribution is 0.0331. The highest BCUT2D eigenvalue weighted by molar-refractivity contribution is 6.43. The number of morpholine rings is 1. The molecule has 1 aromatic heterocycles. The molecule has 1 unspecified atom stereocenters. The van der Waals surface area contributed by atoms with Gasteiger partial charge in [0, 0.05) is 37.0 Å². The molecule has 0 aliphatic carbocycles. The highest BCUT2D eigenvalue weighted by atomic mass is 35.5. The van der Waals surface area contributed by atoms with Gasteiger partial charge in [-0.05, 0) is 23.8 Å². The van der Waals surface area contributed by atoms with Crippen LogP contribution in [-0.4, -0.2) is 53.5 Å². The second-order valence-electron chi connectivity index (χ2n) is 8.04. The molecule has 172 valence electrons. The van der Waals surface area contributed by atoms with E-state index in [4.69, 9.17) is 37.4 Å². The standard InChI is InChI=1S/C24H23Cl2N3O4/c25-21-3-1-2-20(23(21)26)16-4-6-18(7-5-16)32-15-19-14-29-17(12-22(30)27-24(29)33-19)13-28-8-10-31-11-9-28/h1-7,12,19H,8-11,13-15H2. The van der Waals surface area contributed by atoms with Crippen LogP contribution in [0.5, 0.6) is 11.8 Å². The lowest BCUT2D eigenvalue weighted by Crippen LogP contribution is -2.36. The van der Waals surface area contributed by atoms with E-state index in [-0.39, 0.29) is 11.7 Å². The van der Waals surface area contributed by atoms with Gasteiger partial charge in [0.15, 0.2) is 6.10 Å². The SMILES string of the molecule is O=c1cc(CN2CCOCC2)n2c(n1)OC(COc1ccc(-c3cccc(Cl)c3Cl)cc1)C2. The summed E-state index contributed by atoms with van der Waals surface area (Å²) in [4.78, 5) is 18.4. The molecule has 0 saturated carbocycles. The molecule has 0 bridgehead atoms. The molecule has 33 heavy (non-hydrogen) atoms. The Hall–Kier alpha value is -2.58. The largest absolute Gasteiger partial charge is 0.490 e. The summed E-state index contributed by atoms with van der Waals surface area (Å²) in [6.07, 6.45) is -0.232. The first-order valence-corrected chi connectivity index (χ1v) is 11.6. The second-order valence-corrected chi connectivity index (χ2v) is 8.83. The van der Waals surface area contributed by atoms with E-state index < -0.39 is 0 Å². The fourth-order valence-electron chi connectivity index (χ4n) is 4.06.